The summed E-state index contributed by atoms with van der Waals surface area (Å²) in [4.78, 5) is 3.56. The maximum atomic E-state index is 3.56. The fourth-order valence-corrected chi connectivity index (χ4v) is 5.40. The summed E-state index contributed by atoms with van der Waals surface area (Å²) in [5.74, 6) is 0. The van der Waals surface area contributed by atoms with Gasteiger partial charge in [0.1, 0.15) is 0 Å². The number of rotatable bonds is 2. The molecule has 0 aliphatic rings. The maximum absolute atomic E-state index is 3.56. The highest BCUT2D eigenvalue weighted by Gasteiger charge is 2.16. The summed E-state index contributed by atoms with van der Waals surface area (Å²) >= 11 is 0. The zero-order valence-corrected chi connectivity index (χ0v) is 8.18. The van der Waals surface area contributed by atoms with Gasteiger partial charge in [0.2, 0.25) is 0 Å². The smallest absolute Gasteiger partial charge is 0.0751 e. The molecule has 0 spiro atoms. The molecule has 0 rings (SSSR count). The normalized spacial score (nSPS) is 12.8. The third-order valence-electron chi connectivity index (χ3n) is 0.500. The van der Waals surface area contributed by atoms with Gasteiger partial charge in [-0.25, -0.2) is 0 Å². The lowest BCUT2D eigenvalue weighted by molar-refractivity contribution is 1.56. The molecule has 0 aromatic rings. The number of hydrogen-bond acceptors (Lipinski definition) is 1. The van der Waals surface area contributed by atoms with Crippen LogP contribution in [0.4, 0.5) is 0 Å². The van der Waals surface area contributed by atoms with Crippen molar-refractivity contribution in [3.8, 4) is 0 Å². The molecule has 0 atom stereocenters. The van der Waals surface area contributed by atoms with Crippen molar-refractivity contribution in [3.63, 3.8) is 0 Å². The molecule has 0 heterocycles. The largest absolute Gasteiger partial charge is 0.174 e. The van der Waals surface area contributed by atoms with Crippen LogP contribution in [0.15, 0.2) is 0 Å². The van der Waals surface area contributed by atoms with Crippen LogP contribution in [-0.2, 0) is 0 Å². The summed E-state index contributed by atoms with van der Waals surface area (Å²) in [5.41, 5.74) is 0. The van der Waals surface area contributed by atoms with Gasteiger partial charge in [-0.05, 0) is 21.4 Å². The van der Waals surface area contributed by atoms with Gasteiger partial charge in [-0.3, -0.25) is 0 Å². The van der Waals surface area contributed by atoms with Gasteiger partial charge in [-0.15, -0.1) is 0 Å². The highest BCUT2D eigenvalue weighted by molar-refractivity contribution is 7.80. The molecule has 0 radical (unpaired) electrons. The van der Waals surface area contributed by atoms with E-state index in [2.05, 4.69) is 38.2 Å². The lowest BCUT2D eigenvalue weighted by Crippen LogP contribution is -2.04. The topological polar surface area (TPSA) is 12.0 Å². The maximum Gasteiger partial charge on any atom is 0.0751 e. The van der Waals surface area contributed by atoms with E-state index in [1.165, 1.54) is 0 Å². The minimum atomic E-state index is -0.693. The van der Waals surface area contributed by atoms with Crippen molar-refractivity contribution in [2.75, 3.05) is 33.3 Å². The van der Waals surface area contributed by atoms with E-state index in [1.54, 1.807) is 0 Å². The SMILES string of the molecule is CP(C)N[P+](C)(C)C. The van der Waals surface area contributed by atoms with E-state index in [0.29, 0.717) is 0 Å². The first-order chi connectivity index (χ1) is 3.42. The lowest BCUT2D eigenvalue weighted by Gasteiger charge is -2.15. The van der Waals surface area contributed by atoms with Crippen LogP contribution in [-0.4, -0.2) is 33.3 Å². The van der Waals surface area contributed by atoms with Gasteiger partial charge < -0.3 is 0 Å². The molecule has 1 N–H and O–H groups in total. The van der Waals surface area contributed by atoms with E-state index in [0.717, 1.165) is 0 Å². The Bertz CT molecular complexity index is 65.3. The van der Waals surface area contributed by atoms with Crippen LogP contribution < -0.4 is 4.86 Å². The Morgan fingerprint density at radius 2 is 1.50 bits per heavy atom. The number of nitrogens with one attached hydrogen (secondary N) is 1. The van der Waals surface area contributed by atoms with Crippen molar-refractivity contribution in [1.82, 2.24) is 4.86 Å². The van der Waals surface area contributed by atoms with Crippen molar-refractivity contribution in [2.24, 2.45) is 0 Å². The highest BCUT2D eigenvalue weighted by Crippen LogP contribution is 2.48. The molecule has 0 saturated heterocycles. The average molecular weight is 152 g/mol. The van der Waals surface area contributed by atoms with E-state index in [9.17, 15) is 0 Å². The van der Waals surface area contributed by atoms with Crippen molar-refractivity contribution >= 4 is 15.5 Å². The van der Waals surface area contributed by atoms with Crippen LogP contribution in [0.1, 0.15) is 0 Å². The molecule has 0 bridgehead atoms. The first-order valence-electron chi connectivity index (χ1n) is 2.68. The Balaban J connectivity index is 3.39. The van der Waals surface area contributed by atoms with Gasteiger partial charge in [0, 0.05) is 0 Å². The molecule has 0 amide bonds. The van der Waals surface area contributed by atoms with Crippen LogP contribution in [0, 0.1) is 0 Å². The van der Waals surface area contributed by atoms with Crippen LogP contribution in [0.3, 0.4) is 0 Å². The molecule has 0 aliphatic heterocycles. The zero-order chi connectivity index (χ0) is 6.78. The predicted molar refractivity (Wildman–Crippen MR) is 46.6 cm³/mol. The Morgan fingerprint density at radius 3 is 1.50 bits per heavy atom. The van der Waals surface area contributed by atoms with E-state index >= 15 is 0 Å². The summed E-state index contributed by atoms with van der Waals surface area (Å²) < 4.78 is 0. The van der Waals surface area contributed by atoms with Crippen molar-refractivity contribution in [3.05, 3.63) is 0 Å². The van der Waals surface area contributed by atoms with E-state index < -0.39 is 7.41 Å². The van der Waals surface area contributed by atoms with Gasteiger partial charge in [0.05, 0.1) is 27.4 Å². The fraction of sp³-hybridized carbons (Fsp3) is 1.00. The van der Waals surface area contributed by atoms with Gasteiger partial charge in [-0.1, -0.05) is 0 Å². The second kappa shape index (κ2) is 3.11. The van der Waals surface area contributed by atoms with Crippen LogP contribution in [0.25, 0.3) is 0 Å². The first kappa shape index (κ1) is 8.82. The summed E-state index contributed by atoms with van der Waals surface area (Å²) in [6.45, 7) is 11.4. The quantitative estimate of drug-likeness (QED) is 0.597. The number of hydrogen-bond donors (Lipinski definition) is 1. The molecule has 0 unspecified atom stereocenters. The summed E-state index contributed by atoms with van der Waals surface area (Å²) in [5, 5.41) is 0. The van der Waals surface area contributed by atoms with Gasteiger partial charge in [-0.2, -0.15) is 4.86 Å². The minimum Gasteiger partial charge on any atom is -0.174 e. The van der Waals surface area contributed by atoms with Crippen molar-refractivity contribution < 1.29 is 0 Å². The summed E-state index contributed by atoms with van der Waals surface area (Å²) in [6, 6.07) is 0. The highest BCUT2D eigenvalue weighted by atomic mass is 31.2. The van der Waals surface area contributed by atoms with E-state index in [4.69, 9.17) is 0 Å². The third kappa shape index (κ3) is 6.82. The van der Waals surface area contributed by atoms with Gasteiger partial charge >= 0.3 is 0 Å². The molecular weight excluding hydrogens is 136 g/mol. The molecule has 0 saturated carbocycles. The van der Waals surface area contributed by atoms with E-state index in [1.807, 2.05) is 0 Å². The first-order valence-corrected chi connectivity index (χ1v) is 8.05. The Hall–Kier alpha value is 0.820. The Labute approximate surface area is 54.4 Å². The molecule has 50 valence electrons. The summed E-state index contributed by atoms with van der Waals surface area (Å²) in [7, 11) is -0.582. The molecule has 0 aliphatic carbocycles. The van der Waals surface area contributed by atoms with Crippen LogP contribution in [0.5, 0.6) is 0 Å². The molecule has 8 heavy (non-hydrogen) atoms. The average Bonchev–Trinajstić information content (AvgIpc) is 1.21. The molecule has 0 fully saturated rings. The fourth-order valence-electron chi connectivity index (χ4n) is 0.600. The monoisotopic (exact) mass is 152 g/mol. The van der Waals surface area contributed by atoms with Crippen LogP contribution in [0.2, 0.25) is 0 Å². The third-order valence-corrected chi connectivity index (χ3v) is 4.50. The molecular formula is C5H16NP2+. The predicted octanol–water partition coefficient (Wildman–Crippen LogP) is 2.05. The second-order valence-corrected chi connectivity index (χ2v) is 9.62. The standard InChI is InChI=1S/C5H16NP2/c1-7(2)6-8(3,4)5/h6H,1-5H3/q+1. The second-order valence-electron chi connectivity index (χ2n) is 3.01. The van der Waals surface area contributed by atoms with E-state index in [-0.39, 0.29) is 8.07 Å². The lowest BCUT2D eigenvalue weighted by atomic mass is 11.9. The Kier molecular flexibility index (Phi) is 3.43. The van der Waals surface area contributed by atoms with Gasteiger partial charge in [0.25, 0.3) is 0 Å². The summed E-state index contributed by atoms with van der Waals surface area (Å²) in [6.07, 6.45) is 0. The molecule has 0 aromatic carbocycles. The van der Waals surface area contributed by atoms with Crippen molar-refractivity contribution in [2.45, 2.75) is 0 Å². The molecule has 3 heteroatoms. The van der Waals surface area contributed by atoms with Crippen LogP contribution >= 0.6 is 15.5 Å². The molecule has 1 nitrogen and oxygen atoms in total. The van der Waals surface area contributed by atoms with Gasteiger partial charge in [0.15, 0.2) is 0 Å². The zero-order valence-electron chi connectivity index (χ0n) is 6.39. The van der Waals surface area contributed by atoms with Crippen molar-refractivity contribution in [1.29, 1.82) is 0 Å². The minimum absolute atomic E-state index is 0.111. The Morgan fingerprint density at radius 1 is 1.12 bits per heavy atom. The molecule has 0 aromatic heterocycles.